The van der Waals surface area contributed by atoms with E-state index in [4.69, 9.17) is 4.74 Å². The van der Waals surface area contributed by atoms with Crippen LogP contribution in [0.15, 0.2) is 30.3 Å². The maximum absolute atomic E-state index is 12.9. The Kier molecular flexibility index (Phi) is 4.36. The Labute approximate surface area is 151 Å². The molecule has 1 aliphatic carbocycles. The molecule has 2 fully saturated rings. The second-order valence-corrected chi connectivity index (χ2v) is 7.27. The number of carboxylic acid groups (broad SMARTS) is 1. The molecule has 2 aromatic rings. The largest absolute Gasteiger partial charge is 0.481 e. The van der Waals surface area contributed by atoms with Crippen LogP contribution in [-0.4, -0.2) is 41.7 Å². The molecule has 1 saturated heterocycles. The molecule has 2 N–H and O–H groups in total. The van der Waals surface area contributed by atoms with Crippen molar-refractivity contribution in [3.05, 3.63) is 41.6 Å². The van der Waals surface area contributed by atoms with E-state index in [2.05, 4.69) is 10.3 Å². The van der Waals surface area contributed by atoms with Gasteiger partial charge in [-0.2, -0.15) is 0 Å². The highest BCUT2D eigenvalue weighted by Gasteiger charge is 2.40. The molecule has 0 spiro atoms. The van der Waals surface area contributed by atoms with E-state index in [0.717, 1.165) is 29.4 Å². The van der Waals surface area contributed by atoms with Gasteiger partial charge in [0.2, 0.25) is 0 Å². The number of hydrogen-bond donors (Lipinski definition) is 2. The topological polar surface area (TPSA) is 88.5 Å². The molecule has 2 aliphatic rings. The number of aromatic nitrogens is 1. The highest BCUT2D eigenvalue weighted by Crippen LogP contribution is 2.40. The first-order valence-electron chi connectivity index (χ1n) is 9.08. The lowest BCUT2D eigenvalue weighted by Gasteiger charge is -2.33. The number of nitrogens with zero attached hydrogens (tertiary/aromatic N) is 1. The lowest BCUT2D eigenvalue weighted by atomic mass is 9.80. The number of carbonyl (C=O) groups is 2. The van der Waals surface area contributed by atoms with Crippen LogP contribution in [0.2, 0.25) is 0 Å². The number of amides is 1. The molecule has 0 unspecified atom stereocenters. The van der Waals surface area contributed by atoms with Gasteiger partial charge in [-0.3, -0.25) is 14.6 Å². The van der Waals surface area contributed by atoms with Crippen molar-refractivity contribution in [1.82, 2.24) is 10.3 Å². The van der Waals surface area contributed by atoms with Crippen LogP contribution < -0.4 is 5.32 Å². The molecule has 2 heterocycles. The quantitative estimate of drug-likeness (QED) is 0.862. The molecule has 26 heavy (non-hydrogen) atoms. The minimum atomic E-state index is -0.948. The van der Waals surface area contributed by atoms with Crippen LogP contribution in [0.4, 0.5) is 0 Å². The van der Waals surface area contributed by atoms with Gasteiger partial charge in [-0.15, -0.1) is 0 Å². The Morgan fingerprint density at radius 1 is 1.23 bits per heavy atom. The van der Waals surface area contributed by atoms with Gasteiger partial charge >= 0.3 is 5.97 Å². The number of para-hydroxylation sites is 1. The van der Waals surface area contributed by atoms with Gasteiger partial charge in [0.25, 0.3) is 5.91 Å². The molecular formula is C20H22N2O4. The van der Waals surface area contributed by atoms with Crippen molar-refractivity contribution in [2.75, 3.05) is 19.8 Å². The zero-order valence-electron chi connectivity index (χ0n) is 14.5. The monoisotopic (exact) mass is 354 g/mol. The minimum Gasteiger partial charge on any atom is -0.481 e. The van der Waals surface area contributed by atoms with Crippen LogP contribution >= 0.6 is 0 Å². The molecule has 0 radical (unpaired) electrons. The molecule has 1 aromatic carbocycles. The van der Waals surface area contributed by atoms with E-state index in [9.17, 15) is 14.7 Å². The highest BCUT2D eigenvalue weighted by molar-refractivity contribution is 6.06. The van der Waals surface area contributed by atoms with Crippen molar-refractivity contribution in [2.45, 2.75) is 31.6 Å². The van der Waals surface area contributed by atoms with Crippen molar-refractivity contribution in [2.24, 2.45) is 5.41 Å². The zero-order chi connectivity index (χ0) is 18.1. The van der Waals surface area contributed by atoms with E-state index in [0.29, 0.717) is 37.5 Å². The van der Waals surface area contributed by atoms with E-state index >= 15 is 0 Å². The molecule has 0 bridgehead atoms. The smallest absolute Gasteiger partial charge is 0.311 e. The third kappa shape index (κ3) is 3.17. The lowest BCUT2D eigenvalue weighted by molar-refractivity contribution is -0.154. The van der Waals surface area contributed by atoms with Gasteiger partial charge in [-0.1, -0.05) is 18.2 Å². The molecule has 1 aliphatic heterocycles. The SMILES string of the molecule is O=C(NCC1(C(=O)O)CCOCC1)c1cc(C2CC2)nc2ccccc12. The molecule has 136 valence electrons. The van der Waals surface area contributed by atoms with Gasteiger partial charge in [-0.05, 0) is 37.8 Å². The summed E-state index contributed by atoms with van der Waals surface area (Å²) < 4.78 is 5.29. The van der Waals surface area contributed by atoms with Crippen molar-refractivity contribution >= 4 is 22.8 Å². The summed E-state index contributed by atoms with van der Waals surface area (Å²) in [5.74, 6) is -0.677. The van der Waals surface area contributed by atoms with E-state index in [1.54, 1.807) is 0 Å². The third-order valence-electron chi connectivity index (χ3n) is 5.47. The highest BCUT2D eigenvalue weighted by atomic mass is 16.5. The fourth-order valence-corrected chi connectivity index (χ4v) is 3.55. The number of ether oxygens (including phenoxy) is 1. The normalized spacial score (nSPS) is 19.2. The Balaban J connectivity index is 1.60. The summed E-state index contributed by atoms with van der Waals surface area (Å²) in [6.45, 7) is 0.929. The number of nitrogens with one attached hydrogen (secondary N) is 1. The Morgan fingerprint density at radius 2 is 1.96 bits per heavy atom. The van der Waals surface area contributed by atoms with Crippen LogP contribution in [0.25, 0.3) is 10.9 Å². The first-order chi connectivity index (χ1) is 12.6. The minimum absolute atomic E-state index is 0.111. The predicted octanol–water partition coefficient (Wildman–Crippen LogP) is 2.72. The number of rotatable bonds is 5. The number of carbonyl (C=O) groups excluding carboxylic acids is 1. The van der Waals surface area contributed by atoms with E-state index in [-0.39, 0.29) is 12.5 Å². The average Bonchev–Trinajstić information content (AvgIpc) is 3.51. The molecule has 1 saturated carbocycles. The summed E-state index contributed by atoms with van der Waals surface area (Å²) in [5.41, 5.74) is 1.38. The van der Waals surface area contributed by atoms with E-state index in [1.807, 2.05) is 30.3 Å². The van der Waals surface area contributed by atoms with Crippen LogP contribution in [-0.2, 0) is 9.53 Å². The number of carboxylic acids is 1. The summed E-state index contributed by atoms with van der Waals surface area (Å²) in [6, 6.07) is 9.46. The third-order valence-corrected chi connectivity index (χ3v) is 5.47. The maximum atomic E-state index is 12.9. The number of aliphatic carboxylic acids is 1. The van der Waals surface area contributed by atoms with Gasteiger partial charge in [0, 0.05) is 36.8 Å². The molecule has 1 aromatic heterocycles. The van der Waals surface area contributed by atoms with Gasteiger partial charge in [-0.25, -0.2) is 0 Å². The van der Waals surface area contributed by atoms with Crippen LogP contribution in [0.3, 0.4) is 0 Å². The number of hydrogen-bond acceptors (Lipinski definition) is 4. The first kappa shape index (κ1) is 17.0. The predicted molar refractivity (Wildman–Crippen MR) is 96.2 cm³/mol. The van der Waals surface area contributed by atoms with Crippen LogP contribution in [0, 0.1) is 5.41 Å². The fourth-order valence-electron chi connectivity index (χ4n) is 3.55. The second-order valence-electron chi connectivity index (χ2n) is 7.27. The van der Waals surface area contributed by atoms with E-state index in [1.165, 1.54) is 0 Å². The molecule has 1 amide bonds. The van der Waals surface area contributed by atoms with Crippen molar-refractivity contribution < 1.29 is 19.4 Å². The average molecular weight is 354 g/mol. The number of benzene rings is 1. The standard InChI is InChI=1S/C20H22N2O4/c23-18(21-12-20(19(24)25)7-9-26-10-8-20)15-11-17(13-5-6-13)22-16-4-2-1-3-14(15)16/h1-4,11,13H,5-10,12H2,(H,21,23)(H,24,25). The van der Waals surface area contributed by atoms with Crippen LogP contribution in [0.1, 0.15) is 47.7 Å². The van der Waals surface area contributed by atoms with Crippen LogP contribution in [0.5, 0.6) is 0 Å². The summed E-state index contributed by atoms with van der Waals surface area (Å²) in [7, 11) is 0. The summed E-state index contributed by atoms with van der Waals surface area (Å²) in [5, 5.41) is 13.3. The Bertz CT molecular complexity index is 854. The zero-order valence-corrected chi connectivity index (χ0v) is 14.5. The van der Waals surface area contributed by atoms with E-state index < -0.39 is 11.4 Å². The molecule has 6 heteroatoms. The number of fused-ring (bicyclic) bond motifs is 1. The Hall–Kier alpha value is -2.47. The van der Waals surface area contributed by atoms with Crippen molar-refractivity contribution in [3.63, 3.8) is 0 Å². The maximum Gasteiger partial charge on any atom is 0.311 e. The summed E-state index contributed by atoms with van der Waals surface area (Å²) >= 11 is 0. The van der Waals surface area contributed by atoms with Crippen molar-refractivity contribution in [3.8, 4) is 0 Å². The first-order valence-corrected chi connectivity index (χ1v) is 9.08. The molecule has 4 rings (SSSR count). The van der Waals surface area contributed by atoms with Gasteiger partial charge < -0.3 is 15.2 Å². The summed E-state index contributed by atoms with van der Waals surface area (Å²) in [6.07, 6.45) is 3.03. The van der Waals surface area contributed by atoms with Crippen molar-refractivity contribution in [1.29, 1.82) is 0 Å². The fraction of sp³-hybridized carbons (Fsp3) is 0.450. The second kappa shape index (κ2) is 6.68. The molecule has 6 nitrogen and oxygen atoms in total. The van der Waals surface area contributed by atoms with Gasteiger partial charge in [0.15, 0.2) is 0 Å². The van der Waals surface area contributed by atoms with Gasteiger partial charge in [0.1, 0.15) is 0 Å². The lowest BCUT2D eigenvalue weighted by Crippen LogP contribution is -2.46. The number of pyridine rings is 1. The Morgan fingerprint density at radius 3 is 2.65 bits per heavy atom. The molecular weight excluding hydrogens is 332 g/mol. The molecule has 0 atom stereocenters. The van der Waals surface area contributed by atoms with Gasteiger partial charge in [0.05, 0.1) is 16.5 Å². The summed E-state index contributed by atoms with van der Waals surface area (Å²) in [4.78, 5) is 29.4.